The predicted molar refractivity (Wildman–Crippen MR) is 74.4 cm³/mol. The second kappa shape index (κ2) is 6.48. The summed E-state index contributed by atoms with van der Waals surface area (Å²) in [6.07, 6.45) is 0.856. The maximum absolute atomic E-state index is 13.4. The second-order valence-corrected chi connectivity index (χ2v) is 4.61. The lowest BCUT2D eigenvalue weighted by molar-refractivity contribution is 0.299. The lowest BCUT2D eigenvalue weighted by atomic mass is 10.1. The van der Waals surface area contributed by atoms with Crippen molar-refractivity contribution in [3.05, 3.63) is 65.2 Å². The third kappa shape index (κ3) is 3.54. The van der Waals surface area contributed by atoms with Gasteiger partial charge in [-0.15, -0.1) is 0 Å². The Labute approximate surface area is 117 Å². The molecule has 2 aromatic carbocycles. The van der Waals surface area contributed by atoms with E-state index in [0.29, 0.717) is 5.75 Å². The van der Waals surface area contributed by atoms with Crippen LogP contribution in [0.5, 0.6) is 5.75 Å². The fraction of sp³-hybridized carbons (Fsp3) is 0.250. The van der Waals surface area contributed by atoms with E-state index >= 15 is 0 Å². The minimum absolute atomic E-state index is 0.00436. The Morgan fingerprint density at radius 1 is 1.10 bits per heavy atom. The zero-order valence-corrected chi connectivity index (χ0v) is 11.3. The fourth-order valence-corrected chi connectivity index (χ4v) is 1.86. The van der Waals surface area contributed by atoms with E-state index < -0.39 is 11.6 Å². The maximum Gasteiger partial charge on any atom is 0.130 e. The summed E-state index contributed by atoms with van der Waals surface area (Å²) in [7, 11) is 0. The molecule has 0 radical (unpaired) electrons. The van der Waals surface area contributed by atoms with Crippen LogP contribution in [0.2, 0.25) is 0 Å². The van der Waals surface area contributed by atoms with Gasteiger partial charge in [-0.05, 0) is 42.3 Å². The number of ether oxygens (including phenoxy) is 1. The van der Waals surface area contributed by atoms with Crippen molar-refractivity contribution in [2.24, 2.45) is 5.73 Å². The van der Waals surface area contributed by atoms with Crippen LogP contribution in [0.25, 0.3) is 0 Å². The molecule has 0 aliphatic carbocycles. The van der Waals surface area contributed by atoms with Gasteiger partial charge in [0.15, 0.2) is 0 Å². The summed E-state index contributed by atoms with van der Waals surface area (Å²) in [6.45, 7) is 2.00. The van der Waals surface area contributed by atoms with Crippen molar-refractivity contribution < 1.29 is 13.5 Å². The molecule has 2 N–H and O–H groups in total. The summed E-state index contributed by atoms with van der Waals surface area (Å²) < 4.78 is 31.9. The number of benzene rings is 2. The van der Waals surface area contributed by atoms with Crippen molar-refractivity contribution in [1.29, 1.82) is 0 Å². The van der Waals surface area contributed by atoms with Gasteiger partial charge in [-0.1, -0.05) is 19.1 Å². The van der Waals surface area contributed by atoms with E-state index in [1.807, 2.05) is 19.1 Å². The summed E-state index contributed by atoms with van der Waals surface area (Å²) in [6, 6.07) is 10.6. The summed E-state index contributed by atoms with van der Waals surface area (Å²) in [5.74, 6) is -0.356. The van der Waals surface area contributed by atoms with Crippen molar-refractivity contribution in [3.63, 3.8) is 0 Å². The highest BCUT2D eigenvalue weighted by molar-refractivity contribution is 5.29. The van der Waals surface area contributed by atoms with Gasteiger partial charge >= 0.3 is 0 Å². The first-order valence-corrected chi connectivity index (χ1v) is 6.52. The largest absolute Gasteiger partial charge is 0.489 e. The van der Waals surface area contributed by atoms with Crippen LogP contribution in [0.4, 0.5) is 8.78 Å². The average Bonchev–Trinajstić information content (AvgIpc) is 2.48. The minimum Gasteiger partial charge on any atom is -0.489 e. The van der Waals surface area contributed by atoms with E-state index in [9.17, 15) is 8.78 Å². The van der Waals surface area contributed by atoms with Crippen LogP contribution >= 0.6 is 0 Å². The summed E-state index contributed by atoms with van der Waals surface area (Å²) in [5, 5.41) is 0. The summed E-state index contributed by atoms with van der Waals surface area (Å²) in [4.78, 5) is 0. The summed E-state index contributed by atoms with van der Waals surface area (Å²) in [5.41, 5.74) is 7.13. The first kappa shape index (κ1) is 14.5. The molecule has 0 saturated heterocycles. The van der Waals surface area contributed by atoms with Gasteiger partial charge in [0, 0.05) is 11.6 Å². The normalized spacial score (nSPS) is 12.2. The highest BCUT2D eigenvalue weighted by atomic mass is 19.1. The van der Waals surface area contributed by atoms with E-state index in [2.05, 4.69) is 0 Å². The number of hydrogen-bond acceptors (Lipinski definition) is 2. The minimum atomic E-state index is -0.478. The highest BCUT2D eigenvalue weighted by Crippen LogP contribution is 2.20. The Morgan fingerprint density at radius 3 is 2.45 bits per heavy atom. The standard InChI is InChI=1S/C16H17F2NO/c1-2-16(19)11-3-6-14(7-4-11)20-10-12-9-13(17)5-8-15(12)18/h3-9,16H,2,10,19H2,1H3/t16-/m1/s1. The molecular weight excluding hydrogens is 260 g/mol. The van der Waals surface area contributed by atoms with Gasteiger partial charge in [-0.3, -0.25) is 0 Å². The van der Waals surface area contributed by atoms with Crippen molar-refractivity contribution >= 4 is 0 Å². The van der Waals surface area contributed by atoms with Crippen molar-refractivity contribution in [2.45, 2.75) is 26.0 Å². The molecule has 106 valence electrons. The molecule has 0 amide bonds. The molecule has 0 bridgehead atoms. The molecule has 1 atom stereocenters. The summed E-state index contributed by atoms with van der Waals surface area (Å²) >= 11 is 0. The average molecular weight is 277 g/mol. The van der Waals surface area contributed by atoms with Gasteiger partial charge in [0.1, 0.15) is 24.0 Å². The molecule has 2 rings (SSSR count). The first-order chi connectivity index (χ1) is 9.60. The van der Waals surface area contributed by atoms with Crippen LogP contribution in [0.3, 0.4) is 0 Å². The zero-order valence-electron chi connectivity index (χ0n) is 11.3. The Bertz CT molecular complexity index is 569. The quantitative estimate of drug-likeness (QED) is 0.898. The number of halogens is 2. The van der Waals surface area contributed by atoms with Crippen molar-refractivity contribution in [1.82, 2.24) is 0 Å². The van der Waals surface area contributed by atoms with Crippen LogP contribution in [-0.4, -0.2) is 0 Å². The molecule has 0 unspecified atom stereocenters. The number of rotatable bonds is 5. The van der Waals surface area contributed by atoms with Gasteiger partial charge in [0.2, 0.25) is 0 Å². The second-order valence-electron chi connectivity index (χ2n) is 4.61. The topological polar surface area (TPSA) is 35.2 Å². The lowest BCUT2D eigenvalue weighted by Gasteiger charge is -2.11. The first-order valence-electron chi connectivity index (χ1n) is 6.52. The SMILES string of the molecule is CC[C@@H](N)c1ccc(OCc2cc(F)ccc2F)cc1. The van der Waals surface area contributed by atoms with E-state index in [4.69, 9.17) is 10.5 Å². The third-order valence-electron chi connectivity index (χ3n) is 3.15. The van der Waals surface area contributed by atoms with Crippen molar-refractivity contribution in [2.75, 3.05) is 0 Å². The Balaban J connectivity index is 2.02. The van der Waals surface area contributed by atoms with Crippen LogP contribution in [0.15, 0.2) is 42.5 Å². The molecular formula is C16H17F2NO. The van der Waals surface area contributed by atoms with E-state index in [1.165, 1.54) is 0 Å². The molecule has 0 aliphatic heterocycles. The Morgan fingerprint density at radius 2 is 1.80 bits per heavy atom. The molecule has 0 spiro atoms. The monoisotopic (exact) mass is 277 g/mol. The Kier molecular flexibility index (Phi) is 4.69. The molecule has 2 aromatic rings. The molecule has 2 nitrogen and oxygen atoms in total. The van der Waals surface area contributed by atoms with Gasteiger partial charge in [0.25, 0.3) is 0 Å². The van der Waals surface area contributed by atoms with Crippen LogP contribution in [0, 0.1) is 11.6 Å². The maximum atomic E-state index is 13.4. The van der Waals surface area contributed by atoms with Crippen LogP contribution in [-0.2, 0) is 6.61 Å². The zero-order chi connectivity index (χ0) is 14.5. The highest BCUT2D eigenvalue weighted by Gasteiger charge is 2.06. The molecule has 0 fully saturated rings. The van der Waals surface area contributed by atoms with Gasteiger partial charge in [-0.25, -0.2) is 8.78 Å². The molecule has 0 aliphatic rings. The predicted octanol–water partition coefficient (Wildman–Crippen LogP) is 3.95. The van der Waals surface area contributed by atoms with E-state index in [-0.39, 0.29) is 18.2 Å². The smallest absolute Gasteiger partial charge is 0.130 e. The molecule has 20 heavy (non-hydrogen) atoms. The lowest BCUT2D eigenvalue weighted by Crippen LogP contribution is -2.08. The third-order valence-corrected chi connectivity index (χ3v) is 3.15. The Hall–Kier alpha value is -1.94. The number of nitrogens with two attached hydrogens (primary N) is 1. The molecule has 0 saturated carbocycles. The van der Waals surface area contributed by atoms with Crippen LogP contribution < -0.4 is 10.5 Å². The number of hydrogen-bond donors (Lipinski definition) is 1. The van der Waals surface area contributed by atoms with Gasteiger partial charge in [0.05, 0.1) is 0 Å². The molecule has 0 aromatic heterocycles. The van der Waals surface area contributed by atoms with Gasteiger partial charge < -0.3 is 10.5 Å². The van der Waals surface area contributed by atoms with Crippen molar-refractivity contribution in [3.8, 4) is 5.75 Å². The van der Waals surface area contributed by atoms with Crippen LogP contribution in [0.1, 0.15) is 30.5 Å². The van der Waals surface area contributed by atoms with E-state index in [0.717, 1.165) is 30.2 Å². The van der Waals surface area contributed by atoms with E-state index in [1.54, 1.807) is 12.1 Å². The molecule has 0 heterocycles. The molecule has 4 heteroatoms. The fourth-order valence-electron chi connectivity index (χ4n) is 1.86. The van der Waals surface area contributed by atoms with Gasteiger partial charge in [-0.2, -0.15) is 0 Å².